The van der Waals surface area contributed by atoms with E-state index in [1.165, 1.54) is 31.3 Å². The fourth-order valence-electron chi connectivity index (χ4n) is 2.30. The molecule has 8 heteroatoms. The van der Waals surface area contributed by atoms with Crippen molar-refractivity contribution in [2.75, 3.05) is 4.72 Å². The number of pyridine rings is 1. The lowest BCUT2D eigenvalue weighted by Gasteiger charge is -2.25. The van der Waals surface area contributed by atoms with Crippen molar-refractivity contribution in [1.82, 2.24) is 4.98 Å². The summed E-state index contributed by atoms with van der Waals surface area (Å²) >= 11 is 0. The maximum Gasteiger partial charge on any atom is 0.344 e. The second-order valence-electron chi connectivity index (χ2n) is 6.82. The molecular weight excluding hydrogens is 368 g/mol. The van der Waals surface area contributed by atoms with Crippen LogP contribution in [0.4, 0.5) is 5.82 Å². The number of aliphatic carboxylic acids is 1. The Morgan fingerprint density at radius 1 is 1.30 bits per heavy atom. The van der Waals surface area contributed by atoms with Crippen LogP contribution in [0.1, 0.15) is 39.7 Å². The molecule has 0 amide bonds. The standard InChI is InChI=1S/C19H24N2O5S/c1-5-19(3,4)14-9-10-15(26-13(2)18(22)23)16(12-14)27(24,25)21-17-8-6-7-11-20-17/h6-13H,5H2,1-4H3,(H,20,21)(H,22,23). The zero-order valence-corrected chi connectivity index (χ0v) is 16.6. The van der Waals surface area contributed by atoms with Crippen LogP contribution in [0.25, 0.3) is 0 Å². The second kappa shape index (κ2) is 7.96. The molecular formula is C19H24N2O5S. The van der Waals surface area contributed by atoms with Crippen LogP contribution >= 0.6 is 0 Å². The van der Waals surface area contributed by atoms with Crippen LogP contribution in [0, 0.1) is 0 Å². The quantitative estimate of drug-likeness (QED) is 0.713. The summed E-state index contributed by atoms with van der Waals surface area (Å²) in [4.78, 5) is 15.0. The van der Waals surface area contributed by atoms with Crippen LogP contribution < -0.4 is 9.46 Å². The van der Waals surface area contributed by atoms with Crippen molar-refractivity contribution < 1.29 is 23.1 Å². The van der Waals surface area contributed by atoms with Crippen LogP contribution in [-0.2, 0) is 20.2 Å². The van der Waals surface area contributed by atoms with Gasteiger partial charge in [0.05, 0.1) is 0 Å². The van der Waals surface area contributed by atoms with Gasteiger partial charge in [-0.1, -0.05) is 32.9 Å². The van der Waals surface area contributed by atoms with E-state index in [1.54, 1.807) is 18.2 Å². The number of sulfonamides is 1. The summed E-state index contributed by atoms with van der Waals surface area (Å²) in [5.74, 6) is -1.05. The Balaban J connectivity index is 2.54. The van der Waals surface area contributed by atoms with E-state index in [-0.39, 0.29) is 21.9 Å². The van der Waals surface area contributed by atoms with Gasteiger partial charge in [-0.15, -0.1) is 0 Å². The highest BCUT2D eigenvalue weighted by atomic mass is 32.2. The van der Waals surface area contributed by atoms with E-state index in [0.29, 0.717) is 0 Å². The minimum atomic E-state index is -4.04. The number of ether oxygens (including phenoxy) is 1. The lowest BCUT2D eigenvalue weighted by molar-refractivity contribution is -0.144. The SMILES string of the molecule is CCC(C)(C)c1ccc(OC(C)C(=O)O)c(S(=O)(=O)Nc2ccccn2)c1. The van der Waals surface area contributed by atoms with Crippen molar-refractivity contribution >= 4 is 21.8 Å². The van der Waals surface area contributed by atoms with E-state index < -0.39 is 22.1 Å². The van der Waals surface area contributed by atoms with Crippen LogP contribution in [0.5, 0.6) is 5.75 Å². The molecule has 2 rings (SSSR count). The van der Waals surface area contributed by atoms with Crippen molar-refractivity contribution in [3.63, 3.8) is 0 Å². The molecule has 1 aromatic heterocycles. The molecule has 0 saturated heterocycles. The number of aromatic nitrogens is 1. The van der Waals surface area contributed by atoms with Crippen molar-refractivity contribution in [1.29, 1.82) is 0 Å². The lowest BCUT2D eigenvalue weighted by atomic mass is 9.82. The predicted octanol–water partition coefficient (Wildman–Crippen LogP) is 3.42. The number of carboxylic acids is 1. The molecule has 0 spiro atoms. The summed E-state index contributed by atoms with van der Waals surface area (Å²) < 4.78 is 33.7. The third-order valence-corrected chi connectivity index (χ3v) is 5.83. The van der Waals surface area contributed by atoms with E-state index in [4.69, 9.17) is 9.84 Å². The summed E-state index contributed by atoms with van der Waals surface area (Å²) in [6.45, 7) is 7.36. The van der Waals surface area contributed by atoms with Gasteiger partial charge in [0.25, 0.3) is 10.0 Å². The van der Waals surface area contributed by atoms with Gasteiger partial charge in [-0.05, 0) is 48.6 Å². The van der Waals surface area contributed by atoms with Gasteiger partial charge in [0.1, 0.15) is 16.5 Å². The van der Waals surface area contributed by atoms with Gasteiger partial charge in [-0.25, -0.2) is 18.2 Å². The maximum absolute atomic E-state index is 13.0. The van der Waals surface area contributed by atoms with E-state index >= 15 is 0 Å². The smallest absolute Gasteiger partial charge is 0.344 e. The molecule has 0 saturated carbocycles. The maximum atomic E-state index is 13.0. The number of nitrogens with zero attached hydrogens (tertiary/aromatic N) is 1. The molecule has 27 heavy (non-hydrogen) atoms. The first kappa shape index (κ1) is 20.7. The van der Waals surface area contributed by atoms with Gasteiger partial charge in [-0.2, -0.15) is 0 Å². The van der Waals surface area contributed by atoms with Gasteiger partial charge in [0.2, 0.25) is 0 Å². The largest absolute Gasteiger partial charge is 0.479 e. The van der Waals surface area contributed by atoms with Gasteiger partial charge < -0.3 is 9.84 Å². The number of rotatable bonds is 8. The number of hydrogen-bond donors (Lipinski definition) is 2. The van der Waals surface area contributed by atoms with Crippen LogP contribution in [0.15, 0.2) is 47.5 Å². The summed E-state index contributed by atoms with van der Waals surface area (Å²) in [5, 5.41) is 9.09. The van der Waals surface area contributed by atoms with E-state index in [2.05, 4.69) is 9.71 Å². The Morgan fingerprint density at radius 3 is 2.56 bits per heavy atom. The normalized spacial score (nSPS) is 13.0. The molecule has 0 aliphatic rings. The molecule has 1 aromatic carbocycles. The zero-order valence-electron chi connectivity index (χ0n) is 15.8. The lowest BCUT2D eigenvalue weighted by Crippen LogP contribution is -2.25. The zero-order chi connectivity index (χ0) is 20.2. The molecule has 1 atom stereocenters. The molecule has 0 radical (unpaired) electrons. The summed E-state index contributed by atoms with van der Waals surface area (Å²) in [5.41, 5.74) is 0.549. The Bertz CT molecular complexity index is 911. The summed E-state index contributed by atoms with van der Waals surface area (Å²) in [6, 6.07) is 9.64. The third kappa shape index (κ3) is 4.97. The Morgan fingerprint density at radius 2 is 2.00 bits per heavy atom. The minimum absolute atomic E-state index is 0.0241. The third-order valence-electron chi connectivity index (χ3n) is 4.45. The highest BCUT2D eigenvalue weighted by molar-refractivity contribution is 7.92. The molecule has 0 fully saturated rings. The minimum Gasteiger partial charge on any atom is -0.479 e. The topological polar surface area (TPSA) is 106 Å². The molecule has 2 N–H and O–H groups in total. The molecule has 0 aliphatic heterocycles. The molecule has 1 unspecified atom stereocenters. The number of hydrogen-bond acceptors (Lipinski definition) is 5. The Labute approximate surface area is 159 Å². The average molecular weight is 392 g/mol. The number of benzene rings is 1. The van der Waals surface area contributed by atoms with E-state index in [9.17, 15) is 13.2 Å². The molecule has 2 aromatic rings. The molecule has 1 heterocycles. The predicted molar refractivity (Wildman–Crippen MR) is 103 cm³/mol. The Hall–Kier alpha value is -2.61. The van der Waals surface area contributed by atoms with Crippen LogP contribution in [0.2, 0.25) is 0 Å². The first-order chi connectivity index (χ1) is 12.6. The van der Waals surface area contributed by atoms with E-state index in [0.717, 1.165) is 12.0 Å². The summed E-state index contributed by atoms with van der Waals surface area (Å²) in [7, 11) is -4.04. The van der Waals surface area contributed by atoms with Gasteiger partial charge >= 0.3 is 5.97 Å². The van der Waals surface area contributed by atoms with E-state index in [1.807, 2.05) is 20.8 Å². The van der Waals surface area contributed by atoms with Gasteiger partial charge in [-0.3, -0.25) is 4.72 Å². The fraction of sp³-hybridized carbons (Fsp3) is 0.368. The van der Waals surface area contributed by atoms with Gasteiger partial charge in [0.15, 0.2) is 6.10 Å². The first-order valence-electron chi connectivity index (χ1n) is 8.54. The van der Waals surface area contributed by atoms with Crippen LogP contribution in [0.3, 0.4) is 0 Å². The van der Waals surface area contributed by atoms with Gasteiger partial charge in [0, 0.05) is 6.20 Å². The van der Waals surface area contributed by atoms with Crippen LogP contribution in [-0.4, -0.2) is 30.6 Å². The monoisotopic (exact) mass is 392 g/mol. The molecule has 0 bridgehead atoms. The average Bonchev–Trinajstić information content (AvgIpc) is 2.62. The second-order valence-corrected chi connectivity index (χ2v) is 8.47. The van der Waals surface area contributed by atoms with Crippen molar-refractivity contribution in [2.24, 2.45) is 0 Å². The molecule has 7 nitrogen and oxygen atoms in total. The Kier molecular flexibility index (Phi) is 6.10. The number of carbonyl (C=O) groups is 1. The number of anilines is 1. The highest BCUT2D eigenvalue weighted by Gasteiger charge is 2.27. The van der Waals surface area contributed by atoms with Crippen molar-refractivity contribution in [2.45, 2.75) is 50.5 Å². The highest BCUT2D eigenvalue weighted by Crippen LogP contribution is 2.34. The number of nitrogens with one attached hydrogen (secondary N) is 1. The summed E-state index contributed by atoms with van der Waals surface area (Å²) in [6.07, 6.45) is 1.07. The number of carboxylic acid groups (broad SMARTS) is 1. The first-order valence-corrected chi connectivity index (χ1v) is 10.0. The fourth-order valence-corrected chi connectivity index (χ4v) is 3.47. The molecule has 146 valence electrons. The molecule has 0 aliphatic carbocycles. The van der Waals surface area contributed by atoms with Crippen molar-refractivity contribution in [3.05, 3.63) is 48.2 Å². The van der Waals surface area contributed by atoms with Crippen molar-refractivity contribution in [3.8, 4) is 5.75 Å².